The molecule has 1 aromatic carbocycles. The molecule has 26 heavy (non-hydrogen) atoms. The Hall–Kier alpha value is -3.15. The van der Waals surface area contributed by atoms with Crippen LogP contribution in [0.4, 0.5) is 0 Å². The molecule has 0 aliphatic heterocycles. The van der Waals surface area contributed by atoms with Crippen LogP contribution in [0, 0.1) is 13.8 Å². The van der Waals surface area contributed by atoms with E-state index in [-0.39, 0.29) is 24.8 Å². The Morgan fingerprint density at radius 3 is 2.81 bits per heavy atom. The maximum absolute atomic E-state index is 11.8. The third-order valence-corrected chi connectivity index (χ3v) is 3.90. The van der Waals surface area contributed by atoms with Crippen LogP contribution in [0.1, 0.15) is 23.1 Å². The predicted octanol–water partition coefficient (Wildman–Crippen LogP) is 2.80. The van der Waals surface area contributed by atoms with Gasteiger partial charge in [-0.1, -0.05) is 18.7 Å². The zero-order valence-corrected chi connectivity index (χ0v) is 15.0. The maximum atomic E-state index is 11.8. The molecule has 6 heteroatoms. The molecule has 0 aliphatic rings. The van der Waals surface area contributed by atoms with Crippen LogP contribution in [0.25, 0.3) is 0 Å². The summed E-state index contributed by atoms with van der Waals surface area (Å²) >= 11 is 0. The SMILES string of the molecule is C=CC(=O)NCCC(=O)NCc1ccnc(Oc2cccc(C)c2C)c1. The van der Waals surface area contributed by atoms with Crippen molar-refractivity contribution >= 4 is 11.8 Å². The van der Waals surface area contributed by atoms with Gasteiger partial charge >= 0.3 is 0 Å². The molecule has 1 aromatic heterocycles. The number of carbonyl (C=O) groups is 2. The van der Waals surface area contributed by atoms with Crippen LogP contribution in [0.5, 0.6) is 11.6 Å². The van der Waals surface area contributed by atoms with Crippen molar-refractivity contribution in [2.45, 2.75) is 26.8 Å². The van der Waals surface area contributed by atoms with Crippen LogP contribution in [-0.2, 0) is 16.1 Å². The van der Waals surface area contributed by atoms with E-state index in [1.54, 1.807) is 12.3 Å². The molecule has 0 aliphatic carbocycles. The second-order valence-corrected chi connectivity index (χ2v) is 5.82. The van der Waals surface area contributed by atoms with Gasteiger partial charge in [0, 0.05) is 31.8 Å². The fourth-order valence-electron chi connectivity index (χ4n) is 2.22. The van der Waals surface area contributed by atoms with Gasteiger partial charge in [-0.2, -0.15) is 0 Å². The Kier molecular flexibility index (Phi) is 6.91. The molecule has 2 rings (SSSR count). The van der Waals surface area contributed by atoms with Crippen molar-refractivity contribution < 1.29 is 14.3 Å². The summed E-state index contributed by atoms with van der Waals surface area (Å²) in [7, 11) is 0. The summed E-state index contributed by atoms with van der Waals surface area (Å²) in [6.45, 7) is 8.01. The highest BCUT2D eigenvalue weighted by Gasteiger charge is 2.06. The van der Waals surface area contributed by atoms with E-state index in [1.807, 2.05) is 38.1 Å². The molecule has 0 spiro atoms. The monoisotopic (exact) mass is 353 g/mol. The van der Waals surface area contributed by atoms with E-state index < -0.39 is 0 Å². The largest absolute Gasteiger partial charge is 0.439 e. The zero-order valence-electron chi connectivity index (χ0n) is 15.0. The molecular weight excluding hydrogens is 330 g/mol. The Balaban J connectivity index is 1.88. The lowest BCUT2D eigenvalue weighted by Gasteiger charge is -2.11. The first-order chi connectivity index (χ1) is 12.5. The fourth-order valence-corrected chi connectivity index (χ4v) is 2.22. The molecule has 0 bridgehead atoms. The molecule has 2 N–H and O–H groups in total. The van der Waals surface area contributed by atoms with Crippen LogP contribution in [0.2, 0.25) is 0 Å². The maximum Gasteiger partial charge on any atom is 0.243 e. The lowest BCUT2D eigenvalue weighted by atomic mass is 10.1. The quantitative estimate of drug-likeness (QED) is 0.715. The van der Waals surface area contributed by atoms with Crippen LogP contribution in [0.15, 0.2) is 49.2 Å². The highest BCUT2D eigenvalue weighted by atomic mass is 16.5. The van der Waals surface area contributed by atoms with Gasteiger partial charge in [0.05, 0.1) is 0 Å². The van der Waals surface area contributed by atoms with E-state index in [4.69, 9.17) is 4.74 Å². The van der Waals surface area contributed by atoms with E-state index in [2.05, 4.69) is 22.2 Å². The summed E-state index contributed by atoms with van der Waals surface area (Å²) in [5.74, 6) is 0.795. The van der Waals surface area contributed by atoms with E-state index in [0.29, 0.717) is 12.4 Å². The summed E-state index contributed by atoms with van der Waals surface area (Å²) in [6.07, 6.45) is 3.02. The van der Waals surface area contributed by atoms with Crippen molar-refractivity contribution in [2.75, 3.05) is 6.54 Å². The van der Waals surface area contributed by atoms with E-state index in [1.165, 1.54) is 6.08 Å². The Morgan fingerprint density at radius 2 is 2.04 bits per heavy atom. The van der Waals surface area contributed by atoms with Crippen LogP contribution < -0.4 is 15.4 Å². The van der Waals surface area contributed by atoms with Crippen LogP contribution >= 0.6 is 0 Å². The lowest BCUT2D eigenvalue weighted by Crippen LogP contribution is -2.29. The van der Waals surface area contributed by atoms with Gasteiger partial charge in [0.2, 0.25) is 17.7 Å². The number of rotatable bonds is 8. The minimum absolute atomic E-state index is 0.150. The van der Waals surface area contributed by atoms with Crippen molar-refractivity contribution in [1.82, 2.24) is 15.6 Å². The number of nitrogens with one attached hydrogen (secondary N) is 2. The molecule has 0 fully saturated rings. The third-order valence-electron chi connectivity index (χ3n) is 3.90. The van der Waals surface area contributed by atoms with Crippen molar-refractivity contribution in [3.8, 4) is 11.6 Å². The molecular formula is C20H23N3O3. The van der Waals surface area contributed by atoms with Gasteiger partial charge in [0.25, 0.3) is 0 Å². The fraction of sp³-hybridized carbons (Fsp3) is 0.250. The summed E-state index contributed by atoms with van der Waals surface area (Å²) in [6, 6.07) is 9.47. The predicted molar refractivity (Wildman–Crippen MR) is 99.9 cm³/mol. The third kappa shape index (κ3) is 5.73. The van der Waals surface area contributed by atoms with Gasteiger partial charge in [0.1, 0.15) is 5.75 Å². The van der Waals surface area contributed by atoms with Gasteiger partial charge in [-0.15, -0.1) is 0 Å². The van der Waals surface area contributed by atoms with Gasteiger partial charge in [-0.05, 0) is 48.7 Å². The number of aryl methyl sites for hydroxylation is 1. The number of nitrogens with zero attached hydrogens (tertiary/aromatic N) is 1. The number of pyridine rings is 1. The number of benzene rings is 1. The molecule has 136 valence electrons. The molecule has 0 atom stereocenters. The van der Waals surface area contributed by atoms with Gasteiger partial charge in [0.15, 0.2) is 0 Å². The number of ether oxygens (including phenoxy) is 1. The number of aromatic nitrogens is 1. The summed E-state index contributed by atoms with van der Waals surface area (Å²) < 4.78 is 5.86. The van der Waals surface area contributed by atoms with Gasteiger partial charge < -0.3 is 15.4 Å². The number of amides is 2. The van der Waals surface area contributed by atoms with Crippen molar-refractivity contribution in [3.05, 3.63) is 65.9 Å². The average molecular weight is 353 g/mol. The molecule has 0 radical (unpaired) electrons. The number of carbonyl (C=O) groups excluding carboxylic acids is 2. The van der Waals surface area contributed by atoms with Crippen molar-refractivity contribution in [2.24, 2.45) is 0 Å². The second kappa shape index (κ2) is 9.36. The summed E-state index contributed by atoms with van der Waals surface area (Å²) in [5, 5.41) is 5.36. The minimum atomic E-state index is -0.292. The first kappa shape index (κ1) is 19.2. The Morgan fingerprint density at radius 1 is 1.23 bits per heavy atom. The molecule has 2 amide bonds. The van der Waals surface area contributed by atoms with Gasteiger partial charge in [-0.3, -0.25) is 9.59 Å². The van der Waals surface area contributed by atoms with E-state index in [9.17, 15) is 9.59 Å². The average Bonchev–Trinajstić information content (AvgIpc) is 2.64. The van der Waals surface area contributed by atoms with Crippen molar-refractivity contribution in [3.63, 3.8) is 0 Å². The summed E-state index contributed by atoms with van der Waals surface area (Å²) in [4.78, 5) is 27.1. The Bertz CT molecular complexity index is 803. The van der Waals surface area contributed by atoms with Gasteiger partial charge in [-0.25, -0.2) is 4.98 Å². The normalized spacial score (nSPS) is 10.1. The molecule has 6 nitrogen and oxygen atoms in total. The van der Waals surface area contributed by atoms with Crippen molar-refractivity contribution in [1.29, 1.82) is 0 Å². The van der Waals surface area contributed by atoms with E-state index in [0.717, 1.165) is 22.4 Å². The molecule has 2 aromatic rings. The van der Waals surface area contributed by atoms with E-state index >= 15 is 0 Å². The second-order valence-electron chi connectivity index (χ2n) is 5.82. The first-order valence-corrected chi connectivity index (χ1v) is 8.35. The van der Waals surface area contributed by atoms with Crippen LogP contribution in [-0.4, -0.2) is 23.3 Å². The van der Waals surface area contributed by atoms with Crippen LogP contribution in [0.3, 0.4) is 0 Å². The molecule has 1 heterocycles. The first-order valence-electron chi connectivity index (χ1n) is 8.35. The Labute approximate surface area is 153 Å². The smallest absolute Gasteiger partial charge is 0.243 e. The number of hydrogen-bond donors (Lipinski definition) is 2. The highest BCUT2D eigenvalue weighted by Crippen LogP contribution is 2.25. The highest BCUT2D eigenvalue weighted by molar-refractivity contribution is 5.87. The molecule has 0 unspecified atom stereocenters. The number of hydrogen-bond acceptors (Lipinski definition) is 4. The summed E-state index contributed by atoms with van der Waals surface area (Å²) in [5.41, 5.74) is 3.09. The topological polar surface area (TPSA) is 80.3 Å². The molecule has 0 saturated heterocycles. The zero-order chi connectivity index (χ0) is 18.9. The standard InChI is InChI=1S/C20H23N3O3/c1-4-18(24)21-11-9-19(25)23-13-16-8-10-22-20(12-16)26-17-7-5-6-14(2)15(17)3/h4-8,10,12H,1,9,11,13H2,2-3H3,(H,21,24)(H,23,25). The lowest BCUT2D eigenvalue weighted by molar-refractivity contribution is -0.121. The minimum Gasteiger partial charge on any atom is -0.439 e. The molecule has 0 saturated carbocycles.